The smallest absolute Gasteiger partial charge is 0.183 e. The van der Waals surface area contributed by atoms with E-state index >= 15 is 0 Å². The van der Waals surface area contributed by atoms with Crippen molar-refractivity contribution >= 4 is 16.5 Å². The molecule has 0 saturated carbocycles. The average molecular weight is 260 g/mol. The van der Waals surface area contributed by atoms with Crippen molar-refractivity contribution in [3.05, 3.63) is 35.0 Å². The lowest BCUT2D eigenvalue weighted by Crippen LogP contribution is -1.97. The SMILES string of the molecule is CCCNc1ncc(-c2cc(C)c(C)cc2C)s1. The molecule has 1 aromatic heterocycles. The maximum Gasteiger partial charge on any atom is 0.183 e. The Balaban J connectivity index is 2.31. The Morgan fingerprint density at radius 2 is 1.83 bits per heavy atom. The predicted molar refractivity (Wildman–Crippen MR) is 80.5 cm³/mol. The number of nitrogens with zero attached hydrogens (tertiary/aromatic N) is 1. The van der Waals surface area contributed by atoms with Crippen molar-refractivity contribution in [3.8, 4) is 10.4 Å². The number of nitrogens with one attached hydrogen (secondary N) is 1. The summed E-state index contributed by atoms with van der Waals surface area (Å²) in [5.41, 5.74) is 5.32. The molecule has 0 radical (unpaired) electrons. The van der Waals surface area contributed by atoms with E-state index < -0.39 is 0 Å². The van der Waals surface area contributed by atoms with Crippen LogP contribution < -0.4 is 5.32 Å². The molecule has 0 aliphatic carbocycles. The first kappa shape index (κ1) is 13.1. The minimum absolute atomic E-state index is 0.985. The normalized spacial score (nSPS) is 10.7. The third-order valence-corrected chi connectivity index (χ3v) is 4.13. The van der Waals surface area contributed by atoms with Crippen molar-refractivity contribution in [1.82, 2.24) is 4.98 Å². The van der Waals surface area contributed by atoms with Crippen LogP contribution in [0.25, 0.3) is 10.4 Å². The molecular formula is C15H20N2S. The van der Waals surface area contributed by atoms with E-state index in [9.17, 15) is 0 Å². The predicted octanol–water partition coefficient (Wildman–Crippen LogP) is 4.56. The number of thiazole rings is 1. The minimum atomic E-state index is 0.985. The van der Waals surface area contributed by atoms with E-state index in [1.165, 1.54) is 27.1 Å². The molecular weight excluding hydrogens is 240 g/mol. The molecule has 0 fully saturated rings. The quantitative estimate of drug-likeness (QED) is 0.872. The van der Waals surface area contributed by atoms with Crippen LogP contribution in [0.15, 0.2) is 18.3 Å². The molecule has 2 aromatic rings. The molecule has 0 spiro atoms. The Bertz CT molecular complexity index is 543. The van der Waals surface area contributed by atoms with E-state index in [-0.39, 0.29) is 0 Å². The van der Waals surface area contributed by atoms with Crippen molar-refractivity contribution in [3.63, 3.8) is 0 Å². The standard InChI is InChI=1S/C15H20N2S/c1-5-6-16-15-17-9-14(18-15)13-8-11(3)10(2)7-12(13)4/h7-9H,5-6H2,1-4H3,(H,16,17). The summed E-state index contributed by atoms with van der Waals surface area (Å²) in [6.45, 7) is 9.64. The van der Waals surface area contributed by atoms with Gasteiger partial charge in [-0.2, -0.15) is 0 Å². The van der Waals surface area contributed by atoms with E-state index in [0.29, 0.717) is 0 Å². The first-order chi connectivity index (χ1) is 8.61. The summed E-state index contributed by atoms with van der Waals surface area (Å²) in [5.74, 6) is 0. The van der Waals surface area contributed by atoms with Crippen LogP contribution in [0.5, 0.6) is 0 Å². The lowest BCUT2D eigenvalue weighted by Gasteiger charge is -2.07. The molecule has 0 unspecified atom stereocenters. The van der Waals surface area contributed by atoms with Crippen LogP contribution in [0.3, 0.4) is 0 Å². The second-order valence-corrected chi connectivity index (χ2v) is 5.74. The molecule has 1 N–H and O–H groups in total. The van der Waals surface area contributed by atoms with Gasteiger partial charge in [-0.3, -0.25) is 0 Å². The second-order valence-electron chi connectivity index (χ2n) is 4.71. The van der Waals surface area contributed by atoms with E-state index in [0.717, 1.165) is 18.1 Å². The highest BCUT2D eigenvalue weighted by Crippen LogP contribution is 2.32. The highest BCUT2D eigenvalue weighted by atomic mass is 32.1. The molecule has 0 atom stereocenters. The zero-order chi connectivity index (χ0) is 13.1. The summed E-state index contributed by atoms with van der Waals surface area (Å²) in [7, 11) is 0. The molecule has 0 aliphatic heterocycles. The fourth-order valence-electron chi connectivity index (χ4n) is 1.94. The zero-order valence-corrected chi connectivity index (χ0v) is 12.3. The van der Waals surface area contributed by atoms with Gasteiger partial charge in [0.2, 0.25) is 0 Å². The van der Waals surface area contributed by atoms with Gasteiger partial charge in [0.1, 0.15) is 0 Å². The number of anilines is 1. The molecule has 18 heavy (non-hydrogen) atoms. The largest absolute Gasteiger partial charge is 0.362 e. The molecule has 1 aromatic carbocycles. The minimum Gasteiger partial charge on any atom is -0.362 e. The third-order valence-electron chi connectivity index (χ3n) is 3.14. The number of hydrogen-bond donors (Lipinski definition) is 1. The molecule has 0 saturated heterocycles. The maximum absolute atomic E-state index is 4.43. The average Bonchev–Trinajstić information content (AvgIpc) is 2.79. The van der Waals surface area contributed by atoms with Gasteiger partial charge in [0.15, 0.2) is 5.13 Å². The lowest BCUT2D eigenvalue weighted by molar-refractivity contribution is 0.976. The fraction of sp³-hybridized carbons (Fsp3) is 0.400. The summed E-state index contributed by atoms with van der Waals surface area (Å²) in [6.07, 6.45) is 3.09. The zero-order valence-electron chi connectivity index (χ0n) is 11.5. The molecule has 0 aliphatic rings. The molecule has 96 valence electrons. The van der Waals surface area contributed by atoms with Gasteiger partial charge in [0.25, 0.3) is 0 Å². The summed E-state index contributed by atoms with van der Waals surface area (Å²) in [4.78, 5) is 5.68. The number of benzene rings is 1. The molecule has 1 heterocycles. The number of rotatable bonds is 4. The van der Waals surface area contributed by atoms with E-state index in [4.69, 9.17) is 0 Å². The lowest BCUT2D eigenvalue weighted by atomic mass is 10.0. The Labute approximate surface area is 113 Å². The van der Waals surface area contributed by atoms with Crippen molar-refractivity contribution in [2.45, 2.75) is 34.1 Å². The highest BCUT2D eigenvalue weighted by Gasteiger charge is 2.08. The Morgan fingerprint density at radius 1 is 1.11 bits per heavy atom. The molecule has 2 rings (SSSR count). The Hall–Kier alpha value is -1.35. The topological polar surface area (TPSA) is 24.9 Å². The van der Waals surface area contributed by atoms with Gasteiger partial charge in [0, 0.05) is 12.7 Å². The van der Waals surface area contributed by atoms with E-state index in [1.807, 2.05) is 6.20 Å². The van der Waals surface area contributed by atoms with Crippen molar-refractivity contribution in [2.75, 3.05) is 11.9 Å². The second kappa shape index (κ2) is 5.53. The van der Waals surface area contributed by atoms with Crippen LogP contribution in [-0.2, 0) is 0 Å². The number of aryl methyl sites for hydroxylation is 3. The molecule has 2 nitrogen and oxygen atoms in total. The highest BCUT2D eigenvalue weighted by molar-refractivity contribution is 7.18. The van der Waals surface area contributed by atoms with Crippen LogP contribution in [0, 0.1) is 20.8 Å². The molecule has 0 amide bonds. The van der Waals surface area contributed by atoms with E-state index in [1.54, 1.807) is 11.3 Å². The summed E-state index contributed by atoms with van der Waals surface area (Å²) in [5, 5.41) is 4.36. The first-order valence-corrected chi connectivity index (χ1v) is 7.21. The third kappa shape index (κ3) is 2.72. The van der Waals surface area contributed by atoms with Crippen molar-refractivity contribution in [1.29, 1.82) is 0 Å². The summed E-state index contributed by atoms with van der Waals surface area (Å²) < 4.78 is 0. The van der Waals surface area contributed by atoms with Gasteiger partial charge in [-0.1, -0.05) is 30.4 Å². The Morgan fingerprint density at radius 3 is 2.56 bits per heavy atom. The monoisotopic (exact) mass is 260 g/mol. The number of aromatic nitrogens is 1. The number of hydrogen-bond acceptors (Lipinski definition) is 3. The van der Waals surface area contributed by atoms with Gasteiger partial charge in [-0.15, -0.1) is 0 Å². The van der Waals surface area contributed by atoms with Crippen LogP contribution in [0.2, 0.25) is 0 Å². The molecule has 3 heteroatoms. The molecule has 0 bridgehead atoms. The summed E-state index contributed by atoms with van der Waals surface area (Å²) >= 11 is 1.73. The van der Waals surface area contributed by atoms with Gasteiger partial charge in [-0.25, -0.2) is 4.98 Å². The van der Waals surface area contributed by atoms with Crippen LogP contribution in [0.4, 0.5) is 5.13 Å². The fourth-order valence-corrected chi connectivity index (χ4v) is 2.86. The Kier molecular flexibility index (Phi) is 4.02. The van der Waals surface area contributed by atoms with Crippen molar-refractivity contribution < 1.29 is 0 Å². The van der Waals surface area contributed by atoms with E-state index in [2.05, 4.69) is 50.1 Å². The van der Waals surface area contributed by atoms with Gasteiger partial charge < -0.3 is 5.32 Å². The van der Waals surface area contributed by atoms with Gasteiger partial charge in [-0.05, 0) is 49.4 Å². The van der Waals surface area contributed by atoms with Crippen LogP contribution in [-0.4, -0.2) is 11.5 Å². The van der Waals surface area contributed by atoms with Crippen LogP contribution >= 0.6 is 11.3 Å². The van der Waals surface area contributed by atoms with Crippen LogP contribution in [0.1, 0.15) is 30.0 Å². The van der Waals surface area contributed by atoms with Gasteiger partial charge in [0.05, 0.1) is 4.88 Å². The van der Waals surface area contributed by atoms with Gasteiger partial charge >= 0.3 is 0 Å². The van der Waals surface area contributed by atoms with Crippen molar-refractivity contribution in [2.24, 2.45) is 0 Å². The first-order valence-electron chi connectivity index (χ1n) is 6.39. The maximum atomic E-state index is 4.43. The summed E-state index contributed by atoms with van der Waals surface area (Å²) in [6, 6.07) is 4.52.